The van der Waals surface area contributed by atoms with Crippen molar-refractivity contribution in [1.29, 1.82) is 0 Å². The second-order valence-electron chi connectivity index (χ2n) is 16.4. The third-order valence-corrected chi connectivity index (χ3v) is 11.7. The van der Waals surface area contributed by atoms with Crippen LogP contribution in [0.3, 0.4) is 0 Å². The van der Waals surface area contributed by atoms with Gasteiger partial charge in [-0.3, -0.25) is 19.2 Å². The molecule has 0 unspecified atom stereocenters. The first kappa shape index (κ1) is 47.3. The SMILES string of the molecule is CC[C@H](C)[C@@H]([C@@H](CC(=O)N1CCC[C@H]1[C@H](OC)[C@@H](C)C(=O)N[C@H](/C=C/c1ccccc1)Cc1ccccc1)OC)N(C)C(=O)[C@@H](NC(=O)[C@@H](NC)C(C)C)C(C)C. The fourth-order valence-corrected chi connectivity index (χ4v) is 8.19. The van der Waals surface area contributed by atoms with E-state index in [0.717, 1.165) is 24.0 Å². The van der Waals surface area contributed by atoms with Crippen molar-refractivity contribution in [2.45, 2.75) is 123 Å². The van der Waals surface area contributed by atoms with Crippen LogP contribution >= 0.6 is 0 Å². The van der Waals surface area contributed by atoms with Gasteiger partial charge >= 0.3 is 0 Å². The zero-order chi connectivity index (χ0) is 42.2. The molecule has 1 aliphatic rings. The number of nitrogens with zero attached hydrogens (tertiary/aromatic N) is 2. The van der Waals surface area contributed by atoms with E-state index < -0.39 is 36.3 Å². The Morgan fingerprint density at radius 2 is 1.47 bits per heavy atom. The molecule has 11 heteroatoms. The molecule has 0 saturated carbocycles. The predicted molar refractivity (Wildman–Crippen MR) is 228 cm³/mol. The lowest BCUT2D eigenvalue weighted by atomic mass is 9.89. The number of hydrogen-bond acceptors (Lipinski definition) is 7. The van der Waals surface area contributed by atoms with E-state index in [1.54, 1.807) is 33.2 Å². The van der Waals surface area contributed by atoms with Gasteiger partial charge in [0.05, 0.1) is 48.7 Å². The molecular formula is C46H71N5O6. The van der Waals surface area contributed by atoms with Crippen molar-refractivity contribution in [2.24, 2.45) is 23.7 Å². The number of ether oxygens (including phenoxy) is 2. The van der Waals surface area contributed by atoms with Crippen molar-refractivity contribution in [1.82, 2.24) is 25.8 Å². The quantitative estimate of drug-likeness (QED) is 0.139. The zero-order valence-electron chi connectivity index (χ0n) is 36.4. The maximum Gasteiger partial charge on any atom is 0.245 e. The minimum atomic E-state index is -0.754. The Hall–Kier alpha value is -4.06. The molecule has 1 saturated heterocycles. The standard InChI is InChI=1S/C46H71N5O6/c1-12-32(6)42(50(9)46(55)41(31(4)5)49-45(54)40(47-8)30(2)3)38(56-10)29-39(52)51-27-19-24-37(51)43(57-11)33(7)44(53)48-36(28-35-22-17-14-18-23-35)26-25-34-20-15-13-16-21-34/h13-18,20-23,25-26,30-33,36-38,40-43,47H,12,19,24,27-29H2,1-11H3,(H,48,53)(H,49,54)/b26-25+/t32-,33+,36+,37-,38+,40-,41-,42-,43+/m0/s1. The fraction of sp³-hybridized carbons (Fsp3) is 0.609. The van der Waals surface area contributed by atoms with Gasteiger partial charge in [0.1, 0.15) is 6.04 Å². The molecule has 3 N–H and O–H groups in total. The Morgan fingerprint density at radius 3 is 2.02 bits per heavy atom. The summed E-state index contributed by atoms with van der Waals surface area (Å²) in [5.41, 5.74) is 2.15. The molecule has 0 spiro atoms. The van der Waals surface area contributed by atoms with E-state index in [2.05, 4.69) is 41.9 Å². The summed E-state index contributed by atoms with van der Waals surface area (Å²) in [4.78, 5) is 59.3. The number of benzene rings is 2. The first-order chi connectivity index (χ1) is 27.2. The van der Waals surface area contributed by atoms with Crippen molar-refractivity contribution in [2.75, 3.05) is 34.9 Å². The lowest BCUT2D eigenvalue weighted by molar-refractivity contribution is -0.147. The van der Waals surface area contributed by atoms with Gasteiger partial charge in [-0.1, -0.05) is 128 Å². The number of likely N-dealkylation sites (tertiary alicyclic amines) is 1. The van der Waals surface area contributed by atoms with Crippen LogP contribution in [0.2, 0.25) is 0 Å². The molecule has 1 heterocycles. The van der Waals surface area contributed by atoms with E-state index >= 15 is 0 Å². The molecule has 1 fully saturated rings. The van der Waals surface area contributed by atoms with Gasteiger partial charge in [0.2, 0.25) is 23.6 Å². The van der Waals surface area contributed by atoms with Gasteiger partial charge in [0, 0.05) is 27.8 Å². The highest BCUT2D eigenvalue weighted by molar-refractivity contribution is 5.90. The maximum atomic E-state index is 14.3. The van der Waals surface area contributed by atoms with Gasteiger partial charge < -0.3 is 35.2 Å². The van der Waals surface area contributed by atoms with E-state index in [-0.39, 0.29) is 59.9 Å². The van der Waals surface area contributed by atoms with Crippen LogP contribution in [0.4, 0.5) is 0 Å². The molecular weight excluding hydrogens is 719 g/mol. The number of rotatable bonds is 22. The molecule has 1 aliphatic heterocycles. The van der Waals surface area contributed by atoms with Crippen molar-refractivity contribution in [3.05, 3.63) is 77.9 Å². The van der Waals surface area contributed by atoms with Gasteiger partial charge in [-0.25, -0.2) is 0 Å². The van der Waals surface area contributed by atoms with Crippen molar-refractivity contribution < 1.29 is 28.7 Å². The first-order valence-corrected chi connectivity index (χ1v) is 20.9. The van der Waals surface area contributed by atoms with Gasteiger partial charge in [-0.05, 0) is 55.2 Å². The van der Waals surface area contributed by atoms with E-state index in [0.29, 0.717) is 19.4 Å². The van der Waals surface area contributed by atoms with Crippen LogP contribution in [0.15, 0.2) is 66.7 Å². The molecule has 0 aromatic heterocycles. The van der Waals surface area contributed by atoms with Crippen molar-refractivity contribution in [3.8, 4) is 0 Å². The highest BCUT2D eigenvalue weighted by atomic mass is 16.5. The normalized spacial score (nSPS) is 18.8. The highest BCUT2D eigenvalue weighted by Gasteiger charge is 2.43. The van der Waals surface area contributed by atoms with Crippen molar-refractivity contribution >= 4 is 29.7 Å². The summed E-state index contributed by atoms with van der Waals surface area (Å²) in [5.74, 6) is -1.39. The monoisotopic (exact) mass is 790 g/mol. The molecule has 316 valence electrons. The number of carbonyl (C=O) groups excluding carboxylic acids is 4. The van der Waals surface area contributed by atoms with Gasteiger partial charge in [-0.2, -0.15) is 0 Å². The Bertz CT molecular complexity index is 1570. The van der Waals surface area contributed by atoms with Crippen LogP contribution in [-0.2, 0) is 35.1 Å². The van der Waals surface area contributed by atoms with E-state index in [1.165, 1.54) is 0 Å². The summed E-state index contributed by atoms with van der Waals surface area (Å²) in [5, 5.41) is 9.33. The first-order valence-electron chi connectivity index (χ1n) is 20.9. The minimum Gasteiger partial charge on any atom is -0.379 e. The Labute approximate surface area is 342 Å². The average Bonchev–Trinajstić information content (AvgIpc) is 3.69. The summed E-state index contributed by atoms with van der Waals surface area (Å²) < 4.78 is 12.1. The van der Waals surface area contributed by atoms with Gasteiger partial charge in [0.25, 0.3) is 0 Å². The molecule has 11 nitrogen and oxygen atoms in total. The minimum absolute atomic E-state index is 0.00877. The van der Waals surface area contributed by atoms with E-state index in [9.17, 15) is 19.2 Å². The number of likely N-dealkylation sites (N-methyl/N-ethyl adjacent to an activating group) is 2. The topological polar surface area (TPSA) is 129 Å². The number of carbonyl (C=O) groups is 4. The lowest BCUT2D eigenvalue weighted by Gasteiger charge is -2.41. The van der Waals surface area contributed by atoms with E-state index in [1.807, 2.05) is 100 Å². The van der Waals surface area contributed by atoms with Crippen LogP contribution in [0.25, 0.3) is 6.08 Å². The van der Waals surface area contributed by atoms with Crippen molar-refractivity contribution in [3.63, 3.8) is 0 Å². The maximum absolute atomic E-state index is 14.3. The summed E-state index contributed by atoms with van der Waals surface area (Å²) in [6, 6.07) is 17.9. The molecule has 4 amide bonds. The smallest absolute Gasteiger partial charge is 0.245 e. The van der Waals surface area contributed by atoms with Crippen LogP contribution in [0.1, 0.15) is 85.3 Å². The number of hydrogen-bond donors (Lipinski definition) is 3. The Balaban J connectivity index is 1.79. The summed E-state index contributed by atoms with van der Waals surface area (Å²) in [7, 11) is 6.67. The second-order valence-corrected chi connectivity index (χ2v) is 16.4. The molecule has 9 atom stereocenters. The largest absolute Gasteiger partial charge is 0.379 e. The number of nitrogens with one attached hydrogen (secondary N) is 3. The van der Waals surface area contributed by atoms with Gasteiger partial charge in [0.15, 0.2) is 0 Å². The number of methoxy groups -OCH3 is 2. The summed E-state index contributed by atoms with van der Waals surface area (Å²) in [6.45, 7) is 14.3. The lowest BCUT2D eigenvalue weighted by Crippen LogP contribution is -2.59. The molecule has 3 rings (SSSR count). The van der Waals surface area contributed by atoms with E-state index in [4.69, 9.17) is 9.47 Å². The third-order valence-electron chi connectivity index (χ3n) is 11.7. The molecule has 2 aromatic rings. The molecule has 0 bridgehead atoms. The molecule has 0 aliphatic carbocycles. The molecule has 2 aromatic carbocycles. The molecule has 0 radical (unpaired) electrons. The third kappa shape index (κ3) is 13.2. The van der Waals surface area contributed by atoms with Crippen LogP contribution in [0.5, 0.6) is 0 Å². The second kappa shape index (κ2) is 23.4. The summed E-state index contributed by atoms with van der Waals surface area (Å²) in [6.07, 6.45) is 5.82. The van der Waals surface area contributed by atoms with Gasteiger partial charge in [-0.15, -0.1) is 0 Å². The zero-order valence-corrected chi connectivity index (χ0v) is 36.4. The molecule has 57 heavy (non-hydrogen) atoms. The number of amides is 4. The predicted octanol–water partition coefficient (Wildman–Crippen LogP) is 5.73. The van der Waals surface area contributed by atoms with Crippen LogP contribution in [0, 0.1) is 23.7 Å². The Morgan fingerprint density at radius 1 is 0.860 bits per heavy atom. The van der Waals surface area contributed by atoms with Crippen LogP contribution < -0.4 is 16.0 Å². The average molecular weight is 790 g/mol. The summed E-state index contributed by atoms with van der Waals surface area (Å²) >= 11 is 0. The fourth-order valence-electron chi connectivity index (χ4n) is 8.19. The Kier molecular flexibility index (Phi) is 19.4. The van der Waals surface area contributed by atoms with Crippen LogP contribution in [-0.4, -0.2) is 111 Å². The highest BCUT2D eigenvalue weighted by Crippen LogP contribution is 2.30.